The standard InChI is InChI=1S/C37H26ClNO4/c38-30-20-12-19-29(23-30)35-32(24-34(27-15-6-2-7-16-27)43-36(40)28-17-8-3-9-18-28)31-21-10-11-22-33(31)39(35)37(41)42-25-26-13-4-1-5-14-26/h1-24H,25H2/b34-24-. The topological polar surface area (TPSA) is 57.5 Å². The van der Waals surface area contributed by atoms with Gasteiger partial charge in [-0.25, -0.2) is 14.2 Å². The summed E-state index contributed by atoms with van der Waals surface area (Å²) in [6.45, 7) is 0.107. The highest BCUT2D eigenvalue weighted by atomic mass is 35.5. The van der Waals surface area contributed by atoms with Crippen molar-refractivity contribution in [3.8, 4) is 11.3 Å². The second-order valence-corrected chi connectivity index (χ2v) is 10.2. The predicted molar refractivity (Wildman–Crippen MR) is 171 cm³/mol. The summed E-state index contributed by atoms with van der Waals surface area (Å²) in [5, 5.41) is 1.29. The molecule has 0 radical (unpaired) electrons. The van der Waals surface area contributed by atoms with Crippen LogP contribution in [0.1, 0.15) is 27.0 Å². The van der Waals surface area contributed by atoms with E-state index in [1.165, 1.54) is 0 Å². The number of rotatable bonds is 7. The monoisotopic (exact) mass is 583 g/mol. The Morgan fingerprint density at radius 1 is 0.698 bits per heavy atom. The van der Waals surface area contributed by atoms with Crippen molar-refractivity contribution in [2.24, 2.45) is 0 Å². The Morgan fingerprint density at radius 2 is 1.33 bits per heavy atom. The summed E-state index contributed by atoms with van der Waals surface area (Å²) in [5.41, 5.74) is 4.58. The highest BCUT2D eigenvalue weighted by molar-refractivity contribution is 6.31. The molecule has 0 N–H and O–H groups in total. The second-order valence-electron chi connectivity index (χ2n) is 9.80. The lowest BCUT2D eigenvalue weighted by Gasteiger charge is -2.13. The molecule has 0 aliphatic carbocycles. The molecule has 1 aromatic heterocycles. The lowest BCUT2D eigenvalue weighted by atomic mass is 10.0. The summed E-state index contributed by atoms with van der Waals surface area (Å²) in [6.07, 6.45) is 1.26. The molecule has 0 fully saturated rings. The summed E-state index contributed by atoms with van der Waals surface area (Å²) in [6, 6.07) is 42.6. The van der Waals surface area contributed by atoms with Crippen LogP contribution in [0.25, 0.3) is 34.0 Å². The molecule has 0 unspecified atom stereocenters. The number of fused-ring (bicyclic) bond motifs is 1. The fraction of sp³-hybridized carbons (Fsp3) is 0.0270. The molecule has 0 amide bonds. The Kier molecular flexibility index (Phi) is 8.16. The molecule has 0 spiro atoms. The minimum Gasteiger partial charge on any atom is -0.444 e. The normalized spacial score (nSPS) is 11.3. The Labute approximate surface area is 254 Å². The highest BCUT2D eigenvalue weighted by Gasteiger charge is 2.24. The van der Waals surface area contributed by atoms with Crippen LogP contribution in [-0.2, 0) is 16.1 Å². The van der Waals surface area contributed by atoms with Crippen molar-refractivity contribution in [1.29, 1.82) is 0 Å². The lowest BCUT2D eigenvalue weighted by molar-refractivity contribution is 0.0693. The molecule has 210 valence electrons. The number of nitrogens with zero attached hydrogens (tertiary/aromatic N) is 1. The van der Waals surface area contributed by atoms with Gasteiger partial charge in [0.05, 0.1) is 16.8 Å². The first-order chi connectivity index (χ1) is 21.1. The zero-order valence-electron chi connectivity index (χ0n) is 23.0. The number of benzene rings is 5. The number of halogens is 1. The Hall–Kier alpha value is -5.39. The number of hydrogen-bond acceptors (Lipinski definition) is 4. The van der Waals surface area contributed by atoms with Crippen molar-refractivity contribution in [3.63, 3.8) is 0 Å². The fourth-order valence-electron chi connectivity index (χ4n) is 4.94. The van der Waals surface area contributed by atoms with Gasteiger partial charge in [0.1, 0.15) is 12.4 Å². The number of carbonyl (C=O) groups is 2. The first-order valence-corrected chi connectivity index (χ1v) is 14.1. The second kappa shape index (κ2) is 12.6. The van der Waals surface area contributed by atoms with Gasteiger partial charge >= 0.3 is 12.1 Å². The molecule has 5 nitrogen and oxygen atoms in total. The number of aromatic nitrogens is 1. The third kappa shape index (κ3) is 6.13. The maximum Gasteiger partial charge on any atom is 0.419 e. The van der Waals surface area contributed by atoms with Gasteiger partial charge in [0.2, 0.25) is 0 Å². The van der Waals surface area contributed by atoms with Crippen LogP contribution in [0.2, 0.25) is 5.02 Å². The minimum absolute atomic E-state index is 0.107. The van der Waals surface area contributed by atoms with E-state index in [2.05, 4.69) is 0 Å². The fourth-order valence-corrected chi connectivity index (χ4v) is 5.13. The summed E-state index contributed by atoms with van der Waals surface area (Å²) in [7, 11) is 0. The average molecular weight is 584 g/mol. The molecule has 0 aliphatic rings. The van der Waals surface area contributed by atoms with Crippen molar-refractivity contribution in [2.45, 2.75) is 6.61 Å². The first-order valence-electron chi connectivity index (χ1n) is 13.7. The number of ether oxygens (including phenoxy) is 2. The van der Waals surface area contributed by atoms with Crippen LogP contribution in [0, 0.1) is 0 Å². The van der Waals surface area contributed by atoms with Crippen LogP contribution < -0.4 is 0 Å². The van der Waals surface area contributed by atoms with Crippen molar-refractivity contribution < 1.29 is 19.1 Å². The third-order valence-corrected chi connectivity index (χ3v) is 7.18. The van der Waals surface area contributed by atoms with Gasteiger partial charge in [-0.2, -0.15) is 0 Å². The number of hydrogen-bond donors (Lipinski definition) is 0. The van der Waals surface area contributed by atoms with Crippen molar-refractivity contribution in [3.05, 3.63) is 167 Å². The smallest absolute Gasteiger partial charge is 0.419 e. The highest BCUT2D eigenvalue weighted by Crippen LogP contribution is 2.38. The first kappa shape index (κ1) is 27.8. The van der Waals surface area contributed by atoms with Crippen LogP contribution in [0.4, 0.5) is 4.79 Å². The van der Waals surface area contributed by atoms with Gasteiger partial charge in [0.15, 0.2) is 0 Å². The molecular weight excluding hydrogens is 558 g/mol. The molecular formula is C37H26ClNO4. The van der Waals surface area contributed by atoms with Crippen LogP contribution in [-0.4, -0.2) is 16.6 Å². The third-order valence-electron chi connectivity index (χ3n) is 6.95. The van der Waals surface area contributed by atoms with E-state index in [1.54, 1.807) is 47.0 Å². The van der Waals surface area contributed by atoms with Crippen molar-refractivity contribution in [2.75, 3.05) is 0 Å². The molecule has 0 saturated heterocycles. The molecule has 1 heterocycles. The average Bonchev–Trinajstić information content (AvgIpc) is 3.38. The van der Waals surface area contributed by atoms with Gasteiger partial charge in [0, 0.05) is 27.1 Å². The largest absolute Gasteiger partial charge is 0.444 e. The lowest BCUT2D eigenvalue weighted by Crippen LogP contribution is -2.15. The van der Waals surface area contributed by atoms with Gasteiger partial charge in [-0.3, -0.25) is 0 Å². The maximum atomic E-state index is 13.8. The van der Waals surface area contributed by atoms with E-state index >= 15 is 0 Å². The van der Waals surface area contributed by atoms with Crippen LogP contribution >= 0.6 is 11.6 Å². The van der Waals surface area contributed by atoms with Crippen LogP contribution in [0.3, 0.4) is 0 Å². The molecule has 0 aliphatic heterocycles. The van der Waals surface area contributed by atoms with E-state index in [0.717, 1.165) is 10.9 Å². The van der Waals surface area contributed by atoms with E-state index in [0.29, 0.717) is 44.2 Å². The Bertz CT molecular complexity index is 1930. The quantitative estimate of drug-likeness (QED) is 0.139. The van der Waals surface area contributed by atoms with E-state index in [9.17, 15) is 9.59 Å². The molecule has 5 aromatic carbocycles. The van der Waals surface area contributed by atoms with Crippen LogP contribution in [0.5, 0.6) is 0 Å². The van der Waals surface area contributed by atoms with E-state index < -0.39 is 12.1 Å². The summed E-state index contributed by atoms with van der Waals surface area (Å²) in [5.74, 6) is -0.163. The van der Waals surface area contributed by atoms with Gasteiger partial charge in [-0.05, 0) is 42.0 Å². The summed E-state index contributed by atoms with van der Waals surface area (Å²) < 4.78 is 13.4. The molecule has 0 atom stereocenters. The molecule has 6 heteroatoms. The molecule has 6 aromatic rings. The number of para-hydroxylation sites is 1. The van der Waals surface area contributed by atoms with E-state index in [1.807, 2.05) is 103 Å². The van der Waals surface area contributed by atoms with E-state index in [4.69, 9.17) is 21.1 Å². The van der Waals surface area contributed by atoms with Gasteiger partial charge in [0.25, 0.3) is 0 Å². The Morgan fingerprint density at radius 3 is 2.02 bits per heavy atom. The molecule has 0 bridgehead atoms. The maximum absolute atomic E-state index is 13.8. The number of carbonyl (C=O) groups excluding carboxylic acids is 2. The molecule has 43 heavy (non-hydrogen) atoms. The zero-order valence-corrected chi connectivity index (χ0v) is 23.8. The van der Waals surface area contributed by atoms with Gasteiger partial charge in [-0.1, -0.05) is 121 Å². The SMILES string of the molecule is O=C(O/C(=C\c1c(-c2cccc(Cl)c2)n(C(=O)OCc2ccccc2)c2ccccc12)c1ccccc1)c1ccccc1. The summed E-state index contributed by atoms with van der Waals surface area (Å²) >= 11 is 6.45. The van der Waals surface area contributed by atoms with Gasteiger partial charge < -0.3 is 9.47 Å². The molecule has 6 rings (SSSR count). The van der Waals surface area contributed by atoms with Crippen molar-refractivity contribution >= 4 is 46.4 Å². The zero-order chi connectivity index (χ0) is 29.6. The molecule has 0 saturated carbocycles. The summed E-state index contributed by atoms with van der Waals surface area (Å²) in [4.78, 5) is 27.1. The minimum atomic E-state index is -0.544. The predicted octanol–water partition coefficient (Wildman–Crippen LogP) is 9.50. The van der Waals surface area contributed by atoms with Gasteiger partial charge in [-0.15, -0.1) is 0 Å². The Balaban J connectivity index is 1.55. The van der Waals surface area contributed by atoms with Crippen LogP contribution in [0.15, 0.2) is 140 Å². The van der Waals surface area contributed by atoms with Crippen molar-refractivity contribution in [1.82, 2.24) is 4.57 Å². The number of esters is 1. The van der Waals surface area contributed by atoms with E-state index in [-0.39, 0.29) is 6.61 Å².